The zero-order chi connectivity index (χ0) is 14.7. The molecule has 2 heterocycles. The van der Waals surface area contributed by atoms with E-state index in [-0.39, 0.29) is 11.5 Å². The molecular weight excluding hydrogens is 284 g/mol. The molecule has 0 aromatic rings. The highest BCUT2D eigenvalue weighted by molar-refractivity contribution is 7.99. The van der Waals surface area contributed by atoms with Gasteiger partial charge in [0.05, 0.1) is 17.8 Å². The molecule has 0 amide bonds. The Morgan fingerprint density at radius 3 is 2.29 bits per heavy atom. The molecule has 3 atom stereocenters. The Morgan fingerprint density at radius 1 is 0.905 bits per heavy atom. The molecule has 2 aliphatic heterocycles. The zero-order valence-corrected chi connectivity index (χ0v) is 13.8. The van der Waals surface area contributed by atoms with E-state index < -0.39 is 12.2 Å². The molecule has 1 spiro atoms. The van der Waals surface area contributed by atoms with Crippen LogP contribution in [0.2, 0.25) is 0 Å². The van der Waals surface area contributed by atoms with Gasteiger partial charge in [-0.15, -0.1) is 0 Å². The molecule has 0 radical (unpaired) electrons. The molecule has 3 unspecified atom stereocenters. The molecule has 21 heavy (non-hydrogen) atoms. The lowest BCUT2D eigenvalue weighted by molar-refractivity contribution is -0.142. The van der Waals surface area contributed by atoms with Crippen LogP contribution in [0.4, 0.5) is 0 Å². The third-order valence-corrected chi connectivity index (χ3v) is 6.89. The molecule has 3 fully saturated rings. The number of hydrogen-bond acceptors (Lipinski definition) is 4. The third-order valence-electron chi connectivity index (χ3n) is 5.90. The molecular formula is C17H30O3S. The van der Waals surface area contributed by atoms with Crippen molar-refractivity contribution in [2.45, 2.75) is 75.6 Å². The fourth-order valence-corrected chi connectivity index (χ4v) is 5.72. The Balaban J connectivity index is 1.59. The molecule has 3 rings (SSSR count). The van der Waals surface area contributed by atoms with E-state index in [0.29, 0.717) is 5.92 Å². The lowest BCUT2D eigenvalue weighted by Gasteiger charge is -2.45. The van der Waals surface area contributed by atoms with Gasteiger partial charge < -0.3 is 14.9 Å². The van der Waals surface area contributed by atoms with Gasteiger partial charge in [-0.1, -0.05) is 19.3 Å². The van der Waals surface area contributed by atoms with Crippen molar-refractivity contribution in [3.05, 3.63) is 0 Å². The minimum absolute atomic E-state index is 0.00142. The van der Waals surface area contributed by atoms with Gasteiger partial charge in [-0.2, -0.15) is 11.8 Å². The predicted octanol–water partition coefficient (Wildman–Crippen LogP) is 2.98. The van der Waals surface area contributed by atoms with E-state index in [1.807, 2.05) is 11.8 Å². The number of ether oxygens (including phenoxy) is 1. The molecule has 122 valence electrons. The highest BCUT2D eigenvalue weighted by Crippen LogP contribution is 2.42. The van der Waals surface area contributed by atoms with Crippen LogP contribution >= 0.6 is 11.8 Å². The van der Waals surface area contributed by atoms with E-state index in [0.717, 1.165) is 45.1 Å². The summed E-state index contributed by atoms with van der Waals surface area (Å²) in [5, 5.41) is 21.3. The van der Waals surface area contributed by atoms with Gasteiger partial charge in [0.25, 0.3) is 0 Å². The van der Waals surface area contributed by atoms with Crippen molar-refractivity contribution in [1.82, 2.24) is 0 Å². The van der Waals surface area contributed by atoms with Gasteiger partial charge in [-0.3, -0.25) is 0 Å². The number of rotatable bonds is 3. The van der Waals surface area contributed by atoms with E-state index in [9.17, 15) is 10.2 Å². The zero-order valence-electron chi connectivity index (χ0n) is 13.0. The maximum Gasteiger partial charge on any atom is 0.0831 e. The van der Waals surface area contributed by atoms with Crippen LogP contribution in [0.25, 0.3) is 0 Å². The van der Waals surface area contributed by atoms with Crippen LogP contribution in [-0.4, -0.2) is 46.1 Å². The topological polar surface area (TPSA) is 49.7 Å². The molecule has 3 aliphatic rings. The van der Waals surface area contributed by atoms with Crippen molar-refractivity contribution in [3.8, 4) is 0 Å². The summed E-state index contributed by atoms with van der Waals surface area (Å²) in [6.07, 6.45) is 8.88. The normalized spacial score (nSPS) is 33.7. The lowest BCUT2D eigenvalue weighted by atomic mass is 9.74. The quantitative estimate of drug-likeness (QED) is 0.841. The molecule has 1 saturated carbocycles. The summed E-state index contributed by atoms with van der Waals surface area (Å²) < 4.78 is 6.11. The lowest BCUT2D eigenvalue weighted by Crippen LogP contribution is -2.49. The summed E-state index contributed by atoms with van der Waals surface area (Å²) in [4.78, 5) is 0. The second-order valence-corrected chi connectivity index (χ2v) is 8.50. The SMILES string of the molecule is OC(C1CCCCC1)C(O)C1CCOC2(CCSCC2)C1. The van der Waals surface area contributed by atoms with Gasteiger partial charge in [-0.05, 0) is 61.9 Å². The minimum atomic E-state index is -0.552. The van der Waals surface area contributed by atoms with Gasteiger partial charge >= 0.3 is 0 Å². The Kier molecular flexibility index (Phi) is 5.52. The van der Waals surface area contributed by atoms with Crippen molar-refractivity contribution in [2.24, 2.45) is 11.8 Å². The first kappa shape index (κ1) is 16.1. The average Bonchev–Trinajstić information content (AvgIpc) is 2.55. The van der Waals surface area contributed by atoms with Crippen LogP contribution in [-0.2, 0) is 4.74 Å². The summed E-state index contributed by atoms with van der Waals surface area (Å²) in [6.45, 7) is 0.754. The summed E-state index contributed by atoms with van der Waals surface area (Å²) in [7, 11) is 0. The molecule has 0 bridgehead atoms. The van der Waals surface area contributed by atoms with Crippen LogP contribution < -0.4 is 0 Å². The maximum absolute atomic E-state index is 10.7. The van der Waals surface area contributed by atoms with E-state index in [1.165, 1.54) is 30.8 Å². The van der Waals surface area contributed by atoms with E-state index in [1.54, 1.807) is 0 Å². The highest BCUT2D eigenvalue weighted by atomic mass is 32.2. The van der Waals surface area contributed by atoms with Crippen molar-refractivity contribution in [2.75, 3.05) is 18.1 Å². The molecule has 0 aromatic carbocycles. The second-order valence-electron chi connectivity index (χ2n) is 7.28. The molecule has 0 aromatic heterocycles. The summed E-state index contributed by atoms with van der Waals surface area (Å²) >= 11 is 2.01. The van der Waals surface area contributed by atoms with Crippen molar-refractivity contribution < 1.29 is 14.9 Å². The largest absolute Gasteiger partial charge is 0.390 e. The van der Waals surface area contributed by atoms with E-state index in [2.05, 4.69) is 0 Å². The van der Waals surface area contributed by atoms with Crippen molar-refractivity contribution in [3.63, 3.8) is 0 Å². The van der Waals surface area contributed by atoms with Gasteiger partial charge in [0.1, 0.15) is 0 Å². The van der Waals surface area contributed by atoms with Gasteiger partial charge in [0.2, 0.25) is 0 Å². The number of thioether (sulfide) groups is 1. The molecule has 4 heteroatoms. The fourth-order valence-electron chi connectivity index (χ4n) is 4.48. The highest BCUT2D eigenvalue weighted by Gasteiger charge is 2.43. The average molecular weight is 314 g/mol. The van der Waals surface area contributed by atoms with Gasteiger partial charge in [0, 0.05) is 6.61 Å². The summed E-state index contributed by atoms with van der Waals surface area (Å²) in [5.74, 6) is 2.88. The third kappa shape index (κ3) is 3.77. The first-order valence-electron chi connectivity index (χ1n) is 8.78. The predicted molar refractivity (Wildman–Crippen MR) is 86.6 cm³/mol. The monoisotopic (exact) mass is 314 g/mol. The Bertz CT molecular complexity index is 318. The second kappa shape index (κ2) is 7.20. The molecule has 2 saturated heterocycles. The van der Waals surface area contributed by atoms with E-state index in [4.69, 9.17) is 4.74 Å². The van der Waals surface area contributed by atoms with Crippen LogP contribution in [0.3, 0.4) is 0 Å². The van der Waals surface area contributed by atoms with Crippen LogP contribution in [0, 0.1) is 11.8 Å². The smallest absolute Gasteiger partial charge is 0.0831 e. The minimum Gasteiger partial charge on any atom is -0.390 e. The first-order valence-corrected chi connectivity index (χ1v) is 9.93. The maximum atomic E-state index is 10.7. The van der Waals surface area contributed by atoms with Gasteiger partial charge in [0.15, 0.2) is 0 Å². The number of hydrogen-bond donors (Lipinski definition) is 2. The van der Waals surface area contributed by atoms with Crippen LogP contribution in [0.5, 0.6) is 0 Å². The van der Waals surface area contributed by atoms with Crippen LogP contribution in [0.1, 0.15) is 57.8 Å². The summed E-state index contributed by atoms with van der Waals surface area (Å²) in [6, 6.07) is 0. The van der Waals surface area contributed by atoms with Crippen molar-refractivity contribution in [1.29, 1.82) is 0 Å². The van der Waals surface area contributed by atoms with Crippen molar-refractivity contribution >= 4 is 11.8 Å². The molecule has 3 nitrogen and oxygen atoms in total. The van der Waals surface area contributed by atoms with Crippen LogP contribution in [0.15, 0.2) is 0 Å². The molecule has 1 aliphatic carbocycles. The van der Waals surface area contributed by atoms with E-state index >= 15 is 0 Å². The Labute approximate surface area is 132 Å². The standard InChI is InChI=1S/C17H30O3S/c18-15(13-4-2-1-3-5-13)16(19)14-6-9-20-17(12-14)7-10-21-11-8-17/h13-16,18-19H,1-12H2. The molecule has 2 N–H and O–H groups in total. The first-order chi connectivity index (χ1) is 10.2. The fraction of sp³-hybridized carbons (Fsp3) is 1.00. The van der Waals surface area contributed by atoms with Gasteiger partial charge in [-0.25, -0.2) is 0 Å². The Hall–Kier alpha value is 0.230. The summed E-state index contributed by atoms with van der Waals surface area (Å²) in [5.41, 5.74) is 0.00142. The Morgan fingerprint density at radius 2 is 1.57 bits per heavy atom. The number of aliphatic hydroxyl groups is 2. The number of aliphatic hydroxyl groups excluding tert-OH is 2.